The van der Waals surface area contributed by atoms with E-state index in [1.807, 2.05) is 0 Å². The Morgan fingerprint density at radius 3 is 3.08 bits per heavy atom. The molecule has 0 radical (unpaired) electrons. The molecular weight excluding hydrogens is 152 g/mol. The molecule has 72 valence electrons. The van der Waals surface area contributed by atoms with E-state index in [0.717, 1.165) is 32.8 Å². The first-order valence-corrected chi connectivity index (χ1v) is 4.90. The van der Waals surface area contributed by atoms with Crippen LogP contribution in [0.1, 0.15) is 19.8 Å². The molecule has 2 N–H and O–H groups in total. The first kappa shape index (κ1) is 9.96. The SMILES string of the molecule is CCCC1CN(CCN)CCO1. The van der Waals surface area contributed by atoms with Crippen molar-refractivity contribution in [3.05, 3.63) is 0 Å². The minimum atomic E-state index is 0.454. The van der Waals surface area contributed by atoms with E-state index in [2.05, 4.69) is 11.8 Å². The van der Waals surface area contributed by atoms with Crippen LogP contribution in [0.25, 0.3) is 0 Å². The fourth-order valence-electron chi connectivity index (χ4n) is 1.66. The number of rotatable bonds is 4. The second-order valence-corrected chi connectivity index (χ2v) is 3.37. The Hall–Kier alpha value is -0.120. The van der Waals surface area contributed by atoms with Gasteiger partial charge >= 0.3 is 0 Å². The summed E-state index contributed by atoms with van der Waals surface area (Å²) in [6.45, 7) is 6.99. The monoisotopic (exact) mass is 172 g/mol. The van der Waals surface area contributed by atoms with Crippen LogP contribution in [0.4, 0.5) is 0 Å². The van der Waals surface area contributed by atoms with Gasteiger partial charge in [0.05, 0.1) is 12.7 Å². The summed E-state index contributed by atoms with van der Waals surface area (Å²) in [6, 6.07) is 0. The molecule has 1 unspecified atom stereocenters. The Labute approximate surface area is 74.9 Å². The number of ether oxygens (including phenoxy) is 1. The first-order valence-electron chi connectivity index (χ1n) is 4.90. The molecule has 1 fully saturated rings. The standard InChI is InChI=1S/C9H20N2O/c1-2-3-9-8-11(5-4-10)6-7-12-9/h9H,2-8,10H2,1H3. The highest BCUT2D eigenvalue weighted by molar-refractivity contribution is 4.70. The molecule has 0 aromatic carbocycles. The Kier molecular flexibility index (Phi) is 4.58. The number of morpholine rings is 1. The van der Waals surface area contributed by atoms with Crippen LogP contribution in [0.3, 0.4) is 0 Å². The molecule has 3 heteroatoms. The van der Waals surface area contributed by atoms with Gasteiger partial charge in [0.25, 0.3) is 0 Å². The fourth-order valence-corrected chi connectivity index (χ4v) is 1.66. The van der Waals surface area contributed by atoms with E-state index in [0.29, 0.717) is 6.10 Å². The Morgan fingerprint density at radius 2 is 2.42 bits per heavy atom. The fraction of sp³-hybridized carbons (Fsp3) is 1.00. The van der Waals surface area contributed by atoms with E-state index in [4.69, 9.17) is 10.5 Å². The molecule has 0 aromatic rings. The zero-order chi connectivity index (χ0) is 8.81. The smallest absolute Gasteiger partial charge is 0.0702 e. The molecule has 1 atom stereocenters. The Morgan fingerprint density at radius 1 is 1.58 bits per heavy atom. The molecule has 0 spiro atoms. The Balaban J connectivity index is 2.20. The minimum Gasteiger partial charge on any atom is -0.376 e. The minimum absolute atomic E-state index is 0.454. The lowest BCUT2D eigenvalue weighted by molar-refractivity contribution is -0.0310. The van der Waals surface area contributed by atoms with Crippen LogP contribution < -0.4 is 5.73 Å². The molecule has 1 rings (SSSR count). The predicted molar refractivity (Wildman–Crippen MR) is 50.1 cm³/mol. The molecular formula is C9H20N2O. The average molecular weight is 172 g/mol. The molecule has 0 aliphatic carbocycles. The van der Waals surface area contributed by atoms with E-state index in [1.165, 1.54) is 12.8 Å². The van der Waals surface area contributed by atoms with E-state index >= 15 is 0 Å². The summed E-state index contributed by atoms with van der Waals surface area (Å²) >= 11 is 0. The molecule has 12 heavy (non-hydrogen) atoms. The summed E-state index contributed by atoms with van der Waals surface area (Å²) in [4.78, 5) is 2.39. The number of hydrogen-bond donors (Lipinski definition) is 1. The van der Waals surface area contributed by atoms with Gasteiger partial charge in [-0.15, -0.1) is 0 Å². The maximum absolute atomic E-state index is 5.61. The highest BCUT2D eigenvalue weighted by Gasteiger charge is 2.18. The third kappa shape index (κ3) is 3.09. The molecule has 1 heterocycles. The van der Waals surface area contributed by atoms with Crippen molar-refractivity contribution in [2.24, 2.45) is 5.73 Å². The van der Waals surface area contributed by atoms with Gasteiger partial charge in [-0.1, -0.05) is 13.3 Å². The maximum atomic E-state index is 5.61. The summed E-state index contributed by atoms with van der Waals surface area (Å²) in [5, 5.41) is 0. The van der Waals surface area contributed by atoms with Gasteiger partial charge in [-0.2, -0.15) is 0 Å². The van der Waals surface area contributed by atoms with E-state index in [-0.39, 0.29) is 0 Å². The molecule has 1 aliphatic heterocycles. The summed E-state index contributed by atoms with van der Waals surface area (Å²) in [5.74, 6) is 0. The van der Waals surface area contributed by atoms with Crippen LogP contribution in [0, 0.1) is 0 Å². The van der Waals surface area contributed by atoms with Crippen LogP contribution in [-0.4, -0.2) is 43.8 Å². The van der Waals surface area contributed by atoms with Crippen molar-refractivity contribution in [3.63, 3.8) is 0 Å². The molecule has 0 aromatic heterocycles. The molecule has 1 aliphatic rings. The highest BCUT2D eigenvalue weighted by atomic mass is 16.5. The van der Waals surface area contributed by atoms with Crippen molar-refractivity contribution in [3.8, 4) is 0 Å². The third-order valence-electron chi connectivity index (χ3n) is 2.28. The van der Waals surface area contributed by atoms with Gasteiger partial charge < -0.3 is 10.5 Å². The quantitative estimate of drug-likeness (QED) is 0.669. The largest absolute Gasteiger partial charge is 0.376 e. The van der Waals surface area contributed by atoms with Gasteiger partial charge in [0.15, 0.2) is 0 Å². The first-order chi connectivity index (χ1) is 5.86. The summed E-state index contributed by atoms with van der Waals surface area (Å²) in [5.41, 5.74) is 5.50. The van der Waals surface area contributed by atoms with Gasteiger partial charge in [-0.05, 0) is 6.42 Å². The zero-order valence-electron chi connectivity index (χ0n) is 7.96. The van der Waals surface area contributed by atoms with E-state index in [1.54, 1.807) is 0 Å². The van der Waals surface area contributed by atoms with Crippen molar-refractivity contribution in [1.29, 1.82) is 0 Å². The lowest BCUT2D eigenvalue weighted by Crippen LogP contribution is -2.44. The van der Waals surface area contributed by atoms with Gasteiger partial charge in [0.1, 0.15) is 0 Å². The molecule has 1 saturated heterocycles. The maximum Gasteiger partial charge on any atom is 0.0702 e. The molecule has 0 bridgehead atoms. The second-order valence-electron chi connectivity index (χ2n) is 3.37. The predicted octanol–water partition coefficient (Wildman–Crippen LogP) is 0.446. The highest BCUT2D eigenvalue weighted by Crippen LogP contribution is 2.09. The number of hydrogen-bond acceptors (Lipinski definition) is 3. The van der Waals surface area contributed by atoms with Crippen molar-refractivity contribution >= 4 is 0 Å². The van der Waals surface area contributed by atoms with Crippen LogP contribution in [0.15, 0.2) is 0 Å². The topological polar surface area (TPSA) is 38.5 Å². The van der Waals surface area contributed by atoms with Gasteiger partial charge in [0.2, 0.25) is 0 Å². The van der Waals surface area contributed by atoms with Crippen molar-refractivity contribution in [2.45, 2.75) is 25.9 Å². The Bertz CT molecular complexity index is 103. The molecule has 0 amide bonds. The van der Waals surface area contributed by atoms with Crippen molar-refractivity contribution in [2.75, 3.05) is 32.8 Å². The third-order valence-corrected chi connectivity index (χ3v) is 2.28. The second kappa shape index (κ2) is 5.51. The lowest BCUT2D eigenvalue weighted by atomic mass is 10.2. The van der Waals surface area contributed by atoms with Crippen LogP contribution in [0.5, 0.6) is 0 Å². The van der Waals surface area contributed by atoms with Gasteiger partial charge in [-0.3, -0.25) is 4.90 Å². The molecule has 0 saturated carbocycles. The average Bonchev–Trinajstić information content (AvgIpc) is 2.06. The van der Waals surface area contributed by atoms with E-state index < -0.39 is 0 Å². The van der Waals surface area contributed by atoms with Gasteiger partial charge in [-0.25, -0.2) is 0 Å². The summed E-state index contributed by atoms with van der Waals surface area (Å²) in [6.07, 6.45) is 2.85. The van der Waals surface area contributed by atoms with Crippen molar-refractivity contribution in [1.82, 2.24) is 4.90 Å². The lowest BCUT2D eigenvalue weighted by Gasteiger charge is -2.32. The number of nitrogens with two attached hydrogens (primary N) is 1. The van der Waals surface area contributed by atoms with Gasteiger partial charge in [0, 0.05) is 26.2 Å². The zero-order valence-corrected chi connectivity index (χ0v) is 7.96. The van der Waals surface area contributed by atoms with E-state index in [9.17, 15) is 0 Å². The van der Waals surface area contributed by atoms with Crippen LogP contribution in [-0.2, 0) is 4.74 Å². The van der Waals surface area contributed by atoms with Crippen molar-refractivity contribution < 1.29 is 4.74 Å². The summed E-state index contributed by atoms with van der Waals surface area (Å²) in [7, 11) is 0. The molecule has 3 nitrogen and oxygen atoms in total. The summed E-state index contributed by atoms with van der Waals surface area (Å²) < 4.78 is 5.61. The van der Waals surface area contributed by atoms with Crippen LogP contribution in [0.2, 0.25) is 0 Å². The van der Waals surface area contributed by atoms with Crippen LogP contribution >= 0.6 is 0 Å². The normalized spacial score (nSPS) is 26.0. The number of nitrogens with zero attached hydrogens (tertiary/aromatic N) is 1.